The van der Waals surface area contributed by atoms with Gasteiger partial charge in [0.25, 0.3) is 0 Å². The largest absolute Gasteiger partial charge is 0.388 e. The molecule has 2 bridgehead atoms. The predicted molar refractivity (Wildman–Crippen MR) is 140 cm³/mol. The molecule has 5 unspecified atom stereocenters. The molecule has 4 aliphatic rings. The average Bonchev–Trinajstić information content (AvgIpc) is 3.12. The first-order valence-corrected chi connectivity index (χ1v) is 14.9. The number of nitrogens with one attached hydrogen (secondary N) is 2. The van der Waals surface area contributed by atoms with E-state index in [0.717, 1.165) is 44.4 Å². The van der Waals surface area contributed by atoms with Crippen LogP contribution in [0.1, 0.15) is 59.3 Å². The lowest BCUT2D eigenvalue weighted by atomic mass is 9.85. The van der Waals surface area contributed by atoms with E-state index in [1.54, 1.807) is 0 Å². The van der Waals surface area contributed by atoms with Crippen molar-refractivity contribution in [3.63, 3.8) is 0 Å². The molecule has 1 amide bonds. The first-order chi connectivity index (χ1) is 17.3. The number of ether oxygens (including phenoxy) is 2. The Balaban J connectivity index is 1.50. The lowest BCUT2D eigenvalue weighted by Gasteiger charge is -2.45. The molecule has 3 fully saturated rings. The maximum absolute atomic E-state index is 13.6. The summed E-state index contributed by atoms with van der Waals surface area (Å²) in [7, 11) is 0. The van der Waals surface area contributed by atoms with Crippen molar-refractivity contribution in [1.82, 2.24) is 10.6 Å². The fraction of sp³-hybridized carbons (Fsp3) is 0.889. The SMILES string of the molecule is CC(C)C[C@@H]1CCO[C@@H]2[C@H](CN[C@@H]2C(=O)N[C@H]2C3OC(SCCCC/C=C/[C@H]2C)C(O)C(O)C3O)C1. The fourth-order valence-electron chi connectivity index (χ4n) is 6.34. The van der Waals surface area contributed by atoms with Crippen molar-refractivity contribution in [2.24, 2.45) is 23.7 Å². The lowest BCUT2D eigenvalue weighted by molar-refractivity contribution is -0.207. The highest BCUT2D eigenvalue weighted by molar-refractivity contribution is 7.99. The second-order valence-electron chi connectivity index (χ2n) is 11.6. The van der Waals surface area contributed by atoms with Crippen LogP contribution < -0.4 is 10.6 Å². The van der Waals surface area contributed by atoms with Crippen LogP contribution in [0.2, 0.25) is 0 Å². The zero-order valence-electron chi connectivity index (χ0n) is 21.9. The number of fused-ring (bicyclic) bond motifs is 3. The summed E-state index contributed by atoms with van der Waals surface area (Å²) in [6.07, 6.45) is 5.57. The van der Waals surface area contributed by atoms with Crippen LogP contribution in [0.5, 0.6) is 0 Å². The van der Waals surface area contributed by atoms with E-state index in [-0.39, 0.29) is 17.9 Å². The molecule has 0 saturated carbocycles. The number of carbonyl (C=O) groups is 1. The molecule has 0 radical (unpaired) electrons. The first-order valence-electron chi connectivity index (χ1n) is 13.9. The third-order valence-electron chi connectivity index (χ3n) is 8.28. The van der Waals surface area contributed by atoms with Crippen molar-refractivity contribution < 1.29 is 29.6 Å². The normalized spacial score (nSPS) is 45.1. The van der Waals surface area contributed by atoms with Gasteiger partial charge in [-0.05, 0) is 67.9 Å². The van der Waals surface area contributed by atoms with Gasteiger partial charge in [0.2, 0.25) is 5.91 Å². The minimum absolute atomic E-state index is 0.135. The molecule has 0 aromatic carbocycles. The van der Waals surface area contributed by atoms with Crippen molar-refractivity contribution in [2.75, 3.05) is 18.9 Å². The molecule has 0 aromatic heterocycles. The summed E-state index contributed by atoms with van der Waals surface area (Å²) in [6.45, 7) is 7.92. The van der Waals surface area contributed by atoms with Crippen LogP contribution in [0.15, 0.2) is 12.2 Å². The molecule has 9 heteroatoms. The Morgan fingerprint density at radius 3 is 2.75 bits per heavy atom. The number of carbonyl (C=O) groups excluding carboxylic acids is 1. The molecule has 0 aliphatic carbocycles. The minimum atomic E-state index is -1.34. The number of hydrogen-bond donors (Lipinski definition) is 5. The van der Waals surface area contributed by atoms with Gasteiger partial charge in [-0.15, -0.1) is 11.8 Å². The molecular formula is C27H46N2O6S. The van der Waals surface area contributed by atoms with Crippen LogP contribution in [-0.2, 0) is 14.3 Å². The molecule has 4 rings (SSSR count). The molecule has 11 atom stereocenters. The smallest absolute Gasteiger partial charge is 0.240 e. The maximum atomic E-state index is 13.6. The van der Waals surface area contributed by atoms with Crippen molar-refractivity contribution in [2.45, 2.75) is 107 Å². The van der Waals surface area contributed by atoms with E-state index in [9.17, 15) is 20.1 Å². The van der Waals surface area contributed by atoms with E-state index in [1.807, 2.05) is 6.92 Å². The number of aliphatic hydroxyl groups excluding tert-OH is 3. The highest BCUT2D eigenvalue weighted by Crippen LogP contribution is 2.35. The average molecular weight is 527 g/mol. The Kier molecular flexibility index (Phi) is 10.2. The standard InChI is InChI=1S/C27H46N2O6S/c1-15(2)12-17-9-10-34-24-18(13-17)14-28-20(24)26(33)29-19-16(3)8-6-4-5-7-11-36-27-23(32)21(30)22(31)25(19)35-27/h6,8,15-25,27-28,30-32H,4-5,7,9-14H2,1-3H3,(H,29,33)/b8-6+/t16-,17+,18+,19-,20+,21?,22?,23?,24-,25?,27?/m1/s1. The van der Waals surface area contributed by atoms with Crippen molar-refractivity contribution in [1.29, 1.82) is 0 Å². The summed E-state index contributed by atoms with van der Waals surface area (Å²) >= 11 is 1.46. The monoisotopic (exact) mass is 526 g/mol. The topological polar surface area (TPSA) is 120 Å². The quantitative estimate of drug-likeness (QED) is 0.352. The minimum Gasteiger partial charge on any atom is -0.388 e. The van der Waals surface area contributed by atoms with Gasteiger partial charge in [0.15, 0.2) is 0 Å². The Labute approximate surface area is 220 Å². The van der Waals surface area contributed by atoms with E-state index >= 15 is 0 Å². The molecule has 4 heterocycles. The molecule has 0 aromatic rings. The maximum Gasteiger partial charge on any atom is 0.240 e. The van der Waals surface area contributed by atoms with Gasteiger partial charge in [0.1, 0.15) is 35.9 Å². The number of amides is 1. The van der Waals surface area contributed by atoms with E-state index in [2.05, 4.69) is 36.6 Å². The molecule has 5 N–H and O–H groups in total. The molecule has 4 aliphatic heterocycles. The number of hydrogen-bond acceptors (Lipinski definition) is 8. The molecule has 206 valence electrons. The second kappa shape index (κ2) is 12.9. The highest BCUT2D eigenvalue weighted by Gasteiger charge is 2.49. The molecule has 3 saturated heterocycles. The second-order valence-corrected chi connectivity index (χ2v) is 12.8. The third-order valence-corrected chi connectivity index (χ3v) is 9.52. The van der Waals surface area contributed by atoms with Crippen molar-refractivity contribution in [3.05, 3.63) is 12.2 Å². The van der Waals surface area contributed by atoms with Gasteiger partial charge in [0, 0.05) is 13.2 Å². The highest BCUT2D eigenvalue weighted by atomic mass is 32.2. The summed E-state index contributed by atoms with van der Waals surface area (Å²) in [4.78, 5) is 13.6. The summed E-state index contributed by atoms with van der Waals surface area (Å²) in [5, 5.41) is 38.6. The van der Waals surface area contributed by atoms with Crippen LogP contribution in [-0.4, -0.2) is 88.2 Å². The third kappa shape index (κ3) is 6.65. The lowest BCUT2D eigenvalue weighted by Crippen LogP contribution is -2.65. The summed E-state index contributed by atoms with van der Waals surface area (Å²) in [6, 6.07) is -1.03. The predicted octanol–water partition coefficient (Wildman–Crippen LogP) is 1.82. The number of thioether (sulfide) groups is 1. The Bertz CT molecular complexity index is 754. The molecule has 36 heavy (non-hydrogen) atoms. The van der Waals surface area contributed by atoms with Gasteiger partial charge >= 0.3 is 0 Å². The Morgan fingerprint density at radius 1 is 1.17 bits per heavy atom. The van der Waals surface area contributed by atoms with Crippen LogP contribution >= 0.6 is 11.8 Å². The zero-order valence-corrected chi connectivity index (χ0v) is 22.7. The van der Waals surface area contributed by atoms with Gasteiger partial charge in [-0.1, -0.05) is 32.9 Å². The summed E-state index contributed by atoms with van der Waals surface area (Å²) in [5.41, 5.74) is -0.652. The number of aliphatic hydroxyl groups is 3. The Morgan fingerprint density at radius 2 is 1.97 bits per heavy atom. The zero-order chi connectivity index (χ0) is 25.8. The number of rotatable bonds is 4. The summed E-state index contributed by atoms with van der Waals surface area (Å²) < 4.78 is 12.4. The van der Waals surface area contributed by atoms with Gasteiger partial charge in [0.05, 0.1) is 12.1 Å². The first kappa shape index (κ1) is 28.3. The fourth-order valence-corrected chi connectivity index (χ4v) is 7.51. The molecular weight excluding hydrogens is 480 g/mol. The van der Waals surface area contributed by atoms with E-state index < -0.39 is 41.9 Å². The van der Waals surface area contributed by atoms with Gasteiger partial charge in [-0.25, -0.2) is 0 Å². The van der Waals surface area contributed by atoms with Crippen LogP contribution in [0.4, 0.5) is 0 Å². The van der Waals surface area contributed by atoms with Gasteiger partial charge in [-0.2, -0.15) is 0 Å². The Hall–Kier alpha value is -0.680. The van der Waals surface area contributed by atoms with Crippen LogP contribution in [0.25, 0.3) is 0 Å². The molecule has 0 spiro atoms. The van der Waals surface area contributed by atoms with E-state index in [0.29, 0.717) is 24.4 Å². The summed E-state index contributed by atoms with van der Waals surface area (Å²) in [5.74, 6) is 2.06. The van der Waals surface area contributed by atoms with Gasteiger partial charge < -0.3 is 35.4 Å². The van der Waals surface area contributed by atoms with Crippen molar-refractivity contribution >= 4 is 17.7 Å². The van der Waals surface area contributed by atoms with Crippen LogP contribution in [0, 0.1) is 23.7 Å². The van der Waals surface area contributed by atoms with Gasteiger partial charge in [-0.3, -0.25) is 4.79 Å². The van der Waals surface area contributed by atoms with E-state index in [1.165, 1.54) is 18.2 Å². The molecule has 8 nitrogen and oxygen atoms in total. The van der Waals surface area contributed by atoms with Crippen molar-refractivity contribution in [3.8, 4) is 0 Å². The van der Waals surface area contributed by atoms with Crippen LogP contribution in [0.3, 0.4) is 0 Å². The number of allylic oxidation sites excluding steroid dienone is 1. The van der Waals surface area contributed by atoms with E-state index in [4.69, 9.17) is 9.47 Å².